The summed E-state index contributed by atoms with van der Waals surface area (Å²) in [6, 6.07) is 9.53. The SMILES string of the molecule is CN(C)S(=O)(=O)N1C[C@@H]2CN(C(=O)C3(C)COC3)C[C@@H]2[C@H]1c1ccccc1. The molecular formula is C19H27N3O4S. The molecule has 0 radical (unpaired) electrons. The van der Waals surface area contributed by atoms with Gasteiger partial charge in [0.2, 0.25) is 5.91 Å². The van der Waals surface area contributed by atoms with Crippen molar-refractivity contribution in [3.05, 3.63) is 35.9 Å². The minimum atomic E-state index is -3.53. The Balaban J connectivity index is 1.63. The molecule has 7 nitrogen and oxygen atoms in total. The molecule has 3 saturated heterocycles. The van der Waals surface area contributed by atoms with Crippen molar-refractivity contribution in [1.82, 2.24) is 13.5 Å². The van der Waals surface area contributed by atoms with Crippen LogP contribution in [-0.2, 0) is 19.7 Å². The van der Waals surface area contributed by atoms with E-state index in [2.05, 4.69) is 0 Å². The van der Waals surface area contributed by atoms with Crippen molar-refractivity contribution in [1.29, 1.82) is 0 Å². The standard InChI is InChI=1S/C19H27N3O4S/c1-19(12-26-13-19)18(23)21-9-15-10-22(27(24,25)20(2)3)17(16(15)11-21)14-7-5-4-6-8-14/h4-8,15-17H,9-13H2,1-3H3/t15-,16-,17+/m0/s1. The first kappa shape index (κ1) is 18.9. The highest BCUT2D eigenvalue weighted by Crippen LogP contribution is 2.47. The number of amides is 1. The largest absolute Gasteiger partial charge is 0.379 e. The molecule has 3 atom stereocenters. The van der Waals surface area contributed by atoms with Crippen LogP contribution >= 0.6 is 0 Å². The van der Waals surface area contributed by atoms with Gasteiger partial charge in [0.1, 0.15) is 0 Å². The minimum absolute atomic E-state index is 0.107. The van der Waals surface area contributed by atoms with Crippen LogP contribution in [0, 0.1) is 17.3 Å². The zero-order valence-corrected chi connectivity index (χ0v) is 16.9. The maximum Gasteiger partial charge on any atom is 0.282 e. The van der Waals surface area contributed by atoms with Crippen LogP contribution in [0.2, 0.25) is 0 Å². The lowest BCUT2D eigenvalue weighted by Crippen LogP contribution is -2.53. The van der Waals surface area contributed by atoms with Crippen molar-refractivity contribution >= 4 is 16.1 Å². The van der Waals surface area contributed by atoms with E-state index in [1.165, 1.54) is 4.31 Å². The van der Waals surface area contributed by atoms with Gasteiger partial charge in [0.15, 0.2) is 0 Å². The van der Waals surface area contributed by atoms with Gasteiger partial charge in [0.05, 0.1) is 24.7 Å². The molecule has 3 aliphatic rings. The fourth-order valence-corrected chi connectivity index (χ4v) is 5.96. The summed E-state index contributed by atoms with van der Waals surface area (Å²) in [6.45, 7) is 4.55. The molecule has 27 heavy (non-hydrogen) atoms. The highest BCUT2D eigenvalue weighted by Gasteiger charge is 2.54. The molecule has 0 saturated carbocycles. The van der Waals surface area contributed by atoms with Gasteiger partial charge in [-0.3, -0.25) is 4.79 Å². The minimum Gasteiger partial charge on any atom is -0.379 e. The summed E-state index contributed by atoms with van der Waals surface area (Å²) in [5, 5.41) is 0. The van der Waals surface area contributed by atoms with Gasteiger partial charge in [-0.2, -0.15) is 17.0 Å². The molecule has 3 aliphatic heterocycles. The van der Waals surface area contributed by atoms with Crippen molar-refractivity contribution in [2.45, 2.75) is 13.0 Å². The number of fused-ring (bicyclic) bond motifs is 1. The Morgan fingerprint density at radius 2 is 1.81 bits per heavy atom. The molecule has 1 aromatic carbocycles. The van der Waals surface area contributed by atoms with Crippen LogP contribution in [0.1, 0.15) is 18.5 Å². The summed E-state index contributed by atoms with van der Waals surface area (Å²) < 4.78 is 34.0. The lowest BCUT2D eigenvalue weighted by molar-refractivity contribution is -0.168. The van der Waals surface area contributed by atoms with Gasteiger partial charge >= 0.3 is 0 Å². The van der Waals surface area contributed by atoms with Crippen LogP contribution in [0.25, 0.3) is 0 Å². The van der Waals surface area contributed by atoms with E-state index in [4.69, 9.17) is 4.74 Å². The Kier molecular flexibility index (Phi) is 4.57. The van der Waals surface area contributed by atoms with Gasteiger partial charge in [-0.1, -0.05) is 30.3 Å². The molecule has 0 bridgehead atoms. The van der Waals surface area contributed by atoms with E-state index in [-0.39, 0.29) is 23.8 Å². The van der Waals surface area contributed by atoms with E-state index in [9.17, 15) is 13.2 Å². The van der Waals surface area contributed by atoms with Gasteiger partial charge in [-0.25, -0.2) is 0 Å². The maximum atomic E-state index is 12.9. The lowest BCUT2D eigenvalue weighted by Gasteiger charge is -2.40. The van der Waals surface area contributed by atoms with Gasteiger partial charge < -0.3 is 9.64 Å². The summed E-state index contributed by atoms with van der Waals surface area (Å²) in [4.78, 5) is 14.8. The third-order valence-electron chi connectivity index (χ3n) is 6.17. The zero-order valence-electron chi connectivity index (χ0n) is 16.0. The summed E-state index contributed by atoms with van der Waals surface area (Å²) >= 11 is 0. The van der Waals surface area contributed by atoms with Gasteiger partial charge in [0, 0.05) is 39.6 Å². The number of hydrogen-bond donors (Lipinski definition) is 0. The van der Waals surface area contributed by atoms with Crippen LogP contribution in [0.3, 0.4) is 0 Å². The Morgan fingerprint density at radius 1 is 1.15 bits per heavy atom. The molecule has 1 amide bonds. The quantitative estimate of drug-likeness (QED) is 0.764. The number of likely N-dealkylation sites (tertiary alicyclic amines) is 1. The third-order valence-corrected chi connectivity index (χ3v) is 8.06. The molecule has 0 N–H and O–H groups in total. The lowest BCUT2D eigenvalue weighted by atomic mass is 9.87. The van der Waals surface area contributed by atoms with Crippen molar-refractivity contribution < 1.29 is 17.9 Å². The second-order valence-corrected chi connectivity index (χ2v) is 10.5. The van der Waals surface area contributed by atoms with E-state index >= 15 is 0 Å². The molecule has 4 rings (SSSR count). The highest BCUT2D eigenvalue weighted by molar-refractivity contribution is 7.86. The average molecular weight is 394 g/mol. The summed E-state index contributed by atoms with van der Waals surface area (Å²) in [7, 11) is -0.396. The Morgan fingerprint density at radius 3 is 2.37 bits per heavy atom. The second kappa shape index (κ2) is 6.55. The normalized spacial score (nSPS) is 30.4. The van der Waals surface area contributed by atoms with Crippen molar-refractivity contribution in [2.75, 3.05) is 46.9 Å². The van der Waals surface area contributed by atoms with E-state index < -0.39 is 15.6 Å². The second-order valence-electron chi connectivity index (χ2n) is 8.40. The number of carbonyl (C=O) groups is 1. The first-order valence-electron chi connectivity index (χ1n) is 9.35. The Bertz CT molecular complexity index is 823. The van der Waals surface area contributed by atoms with E-state index in [0.29, 0.717) is 32.8 Å². The third kappa shape index (κ3) is 2.99. The smallest absolute Gasteiger partial charge is 0.282 e. The van der Waals surface area contributed by atoms with Crippen molar-refractivity contribution in [3.63, 3.8) is 0 Å². The first-order chi connectivity index (χ1) is 12.7. The molecule has 0 aliphatic carbocycles. The van der Waals surface area contributed by atoms with Crippen molar-refractivity contribution in [2.24, 2.45) is 17.3 Å². The number of benzene rings is 1. The van der Waals surface area contributed by atoms with Crippen LogP contribution in [0.15, 0.2) is 30.3 Å². The van der Waals surface area contributed by atoms with Crippen LogP contribution < -0.4 is 0 Å². The molecule has 3 fully saturated rings. The molecular weight excluding hydrogens is 366 g/mol. The zero-order chi connectivity index (χ0) is 19.4. The monoisotopic (exact) mass is 393 g/mol. The fourth-order valence-electron chi connectivity index (χ4n) is 4.60. The van der Waals surface area contributed by atoms with Crippen molar-refractivity contribution in [3.8, 4) is 0 Å². The van der Waals surface area contributed by atoms with E-state index in [1.54, 1.807) is 18.4 Å². The molecule has 148 valence electrons. The summed E-state index contributed by atoms with van der Waals surface area (Å²) in [5.41, 5.74) is 0.568. The first-order valence-corrected chi connectivity index (χ1v) is 10.7. The van der Waals surface area contributed by atoms with E-state index in [0.717, 1.165) is 5.56 Å². The fraction of sp³-hybridized carbons (Fsp3) is 0.632. The van der Waals surface area contributed by atoms with Gasteiger partial charge in [0.25, 0.3) is 10.2 Å². The highest BCUT2D eigenvalue weighted by atomic mass is 32.2. The number of carbonyl (C=O) groups excluding carboxylic acids is 1. The average Bonchev–Trinajstić information content (AvgIpc) is 3.17. The van der Waals surface area contributed by atoms with Crippen LogP contribution in [-0.4, -0.2) is 74.8 Å². The molecule has 0 aromatic heterocycles. The number of hydrogen-bond acceptors (Lipinski definition) is 4. The maximum absolute atomic E-state index is 12.9. The predicted molar refractivity (Wildman–Crippen MR) is 101 cm³/mol. The molecule has 0 unspecified atom stereocenters. The van der Waals surface area contributed by atoms with Crippen LogP contribution in [0.5, 0.6) is 0 Å². The number of nitrogens with zero attached hydrogens (tertiary/aromatic N) is 3. The molecule has 3 heterocycles. The topological polar surface area (TPSA) is 70.2 Å². The molecule has 8 heteroatoms. The Hall–Kier alpha value is -1.48. The number of rotatable bonds is 4. The predicted octanol–water partition coefficient (Wildman–Crippen LogP) is 0.961. The van der Waals surface area contributed by atoms with Crippen LogP contribution in [0.4, 0.5) is 0 Å². The Labute approximate surface area is 161 Å². The summed E-state index contributed by atoms with van der Waals surface area (Å²) in [6.07, 6.45) is 0. The number of ether oxygens (including phenoxy) is 1. The van der Waals surface area contributed by atoms with E-state index in [1.807, 2.05) is 42.2 Å². The molecule has 0 spiro atoms. The van der Waals surface area contributed by atoms with Gasteiger partial charge in [-0.05, 0) is 18.4 Å². The molecule has 1 aromatic rings. The van der Waals surface area contributed by atoms with Gasteiger partial charge in [-0.15, -0.1) is 0 Å². The summed E-state index contributed by atoms with van der Waals surface area (Å²) in [5.74, 6) is 0.395.